The van der Waals surface area contributed by atoms with Crippen LogP contribution >= 0.6 is 0 Å². The number of nitrogens with zero attached hydrogens (tertiary/aromatic N) is 3. The molecule has 1 aromatic rings. The lowest BCUT2D eigenvalue weighted by molar-refractivity contribution is 1.21. The predicted octanol–water partition coefficient (Wildman–Crippen LogP) is -0.372. The zero-order chi connectivity index (χ0) is 12.7. The molecule has 0 unspecified atom stereocenters. The van der Waals surface area contributed by atoms with E-state index in [1.807, 2.05) is 30.3 Å². The first-order valence-corrected chi connectivity index (χ1v) is 4.69. The van der Waals surface area contributed by atoms with Crippen molar-refractivity contribution in [2.75, 3.05) is 0 Å². The minimum Gasteiger partial charge on any atom is -0.369 e. The molecule has 0 fully saturated rings. The highest BCUT2D eigenvalue weighted by molar-refractivity contribution is 6.39. The number of nitrogens with two attached hydrogens (primary N) is 3. The molecule has 0 saturated heterocycles. The van der Waals surface area contributed by atoms with Gasteiger partial charge in [0.25, 0.3) is 0 Å². The van der Waals surface area contributed by atoms with Crippen LogP contribution in [0.25, 0.3) is 0 Å². The van der Waals surface area contributed by atoms with Gasteiger partial charge in [-0.05, 0) is 0 Å². The summed E-state index contributed by atoms with van der Waals surface area (Å²) >= 11 is 0. The molecule has 1 rings (SSSR count). The summed E-state index contributed by atoms with van der Waals surface area (Å²) in [7, 11) is 0. The molecule has 0 bridgehead atoms. The van der Waals surface area contributed by atoms with Crippen molar-refractivity contribution in [1.29, 1.82) is 5.41 Å². The average Bonchev–Trinajstić information content (AvgIpc) is 2.29. The highest BCUT2D eigenvalue weighted by Gasteiger charge is 1.99. The second kappa shape index (κ2) is 6.01. The predicted molar refractivity (Wildman–Crippen MR) is 69.2 cm³/mol. The minimum absolute atomic E-state index is 0.158. The van der Waals surface area contributed by atoms with Crippen LogP contribution in [0.4, 0.5) is 0 Å². The van der Waals surface area contributed by atoms with Gasteiger partial charge in [-0.25, -0.2) is 4.99 Å². The second-order valence-electron chi connectivity index (χ2n) is 3.02. The van der Waals surface area contributed by atoms with Crippen LogP contribution < -0.4 is 17.2 Å². The normalized spacial score (nSPS) is 11.4. The van der Waals surface area contributed by atoms with E-state index in [4.69, 9.17) is 22.6 Å². The third kappa shape index (κ3) is 4.56. The van der Waals surface area contributed by atoms with Crippen LogP contribution in [-0.2, 0) is 0 Å². The van der Waals surface area contributed by atoms with E-state index in [1.54, 1.807) is 0 Å². The molecule has 0 spiro atoms. The summed E-state index contributed by atoms with van der Waals surface area (Å²) in [6.07, 6.45) is 1.32. The lowest BCUT2D eigenvalue weighted by Crippen LogP contribution is -2.22. The van der Waals surface area contributed by atoms with Crippen molar-refractivity contribution < 1.29 is 0 Å². The summed E-state index contributed by atoms with van der Waals surface area (Å²) in [4.78, 5) is 3.63. The lowest BCUT2D eigenvalue weighted by Gasteiger charge is -1.98. The van der Waals surface area contributed by atoms with Gasteiger partial charge in [0.05, 0.1) is 6.21 Å². The maximum Gasteiger partial charge on any atom is 0.212 e. The third-order valence-electron chi connectivity index (χ3n) is 1.67. The topological polar surface area (TPSA) is 139 Å². The quantitative estimate of drug-likeness (QED) is 0.320. The van der Waals surface area contributed by atoms with Crippen LogP contribution in [0.5, 0.6) is 0 Å². The summed E-state index contributed by atoms with van der Waals surface area (Å²) in [6, 6.07) is 9.16. The molecule has 7 heteroatoms. The minimum atomic E-state index is -0.321. The molecule has 7 nitrogen and oxygen atoms in total. The fourth-order valence-electron chi connectivity index (χ4n) is 1.01. The fourth-order valence-corrected chi connectivity index (χ4v) is 1.01. The van der Waals surface area contributed by atoms with E-state index in [9.17, 15) is 0 Å². The maximum absolute atomic E-state index is 7.01. The summed E-state index contributed by atoms with van der Waals surface area (Å²) in [5, 5.41) is 14.4. The maximum atomic E-state index is 7.01. The Labute approximate surface area is 98.3 Å². The molecule has 0 aliphatic carbocycles. The Morgan fingerprint density at radius 3 is 2.24 bits per heavy atom. The Morgan fingerprint density at radius 2 is 1.71 bits per heavy atom. The first-order valence-electron chi connectivity index (χ1n) is 4.69. The van der Waals surface area contributed by atoms with Crippen molar-refractivity contribution in [3.05, 3.63) is 35.9 Å². The summed E-state index contributed by atoms with van der Waals surface area (Å²) in [5.74, 6) is -0.479. The molecule has 0 aromatic heterocycles. The van der Waals surface area contributed by atoms with Gasteiger partial charge in [-0.1, -0.05) is 30.3 Å². The Bertz CT molecular complexity index is 469. The molecule has 0 atom stereocenters. The Morgan fingerprint density at radius 1 is 1.06 bits per heavy atom. The van der Waals surface area contributed by atoms with E-state index in [1.165, 1.54) is 6.21 Å². The summed E-state index contributed by atoms with van der Waals surface area (Å²) in [5.41, 5.74) is 16.7. The second-order valence-corrected chi connectivity index (χ2v) is 3.02. The van der Waals surface area contributed by atoms with Gasteiger partial charge < -0.3 is 17.2 Å². The van der Waals surface area contributed by atoms with Crippen molar-refractivity contribution in [3.63, 3.8) is 0 Å². The van der Waals surface area contributed by atoms with E-state index in [0.717, 1.165) is 5.56 Å². The molecule has 0 amide bonds. The van der Waals surface area contributed by atoms with E-state index in [0.29, 0.717) is 5.71 Å². The zero-order valence-electron chi connectivity index (χ0n) is 9.04. The van der Waals surface area contributed by atoms with Gasteiger partial charge in [-0.2, -0.15) is 0 Å². The Hall–Kier alpha value is -2.70. The molecule has 7 N–H and O–H groups in total. The SMILES string of the molecule is N=C(N)/N=C/C(=N\N=C(N)N)c1ccccc1. The molecule has 0 heterocycles. The van der Waals surface area contributed by atoms with Gasteiger partial charge in [0.2, 0.25) is 11.9 Å². The van der Waals surface area contributed by atoms with Gasteiger partial charge in [0, 0.05) is 5.56 Å². The number of nitrogens with one attached hydrogen (secondary N) is 1. The van der Waals surface area contributed by atoms with Gasteiger partial charge in [0.15, 0.2) is 0 Å². The smallest absolute Gasteiger partial charge is 0.212 e. The Balaban J connectivity index is 3.07. The number of rotatable bonds is 3. The van der Waals surface area contributed by atoms with Crippen LogP contribution in [0.3, 0.4) is 0 Å². The first kappa shape index (κ1) is 12.4. The average molecular weight is 231 g/mol. The molecule has 0 aliphatic rings. The van der Waals surface area contributed by atoms with Gasteiger partial charge >= 0.3 is 0 Å². The van der Waals surface area contributed by atoms with Gasteiger partial charge in [-0.3, -0.25) is 5.41 Å². The number of guanidine groups is 2. The number of hydrogen-bond donors (Lipinski definition) is 4. The molecular formula is C10H13N7. The van der Waals surface area contributed by atoms with E-state index < -0.39 is 0 Å². The third-order valence-corrected chi connectivity index (χ3v) is 1.67. The van der Waals surface area contributed by atoms with Gasteiger partial charge in [0.1, 0.15) is 5.71 Å². The van der Waals surface area contributed by atoms with Crippen molar-refractivity contribution in [3.8, 4) is 0 Å². The van der Waals surface area contributed by atoms with Crippen LogP contribution in [0, 0.1) is 5.41 Å². The number of benzene rings is 1. The van der Waals surface area contributed by atoms with Crippen LogP contribution in [0.2, 0.25) is 0 Å². The van der Waals surface area contributed by atoms with E-state index in [-0.39, 0.29) is 11.9 Å². The summed E-state index contributed by atoms with van der Waals surface area (Å²) in [6.45, 7) is 0. The molecule has 0 radical (unpaired) electrons. The van der Waals surface area contributed by atoms with Crippen molar-refractivity contribution in [2.24, 2.45) is 32.4 Å². The lowest BCUT2D eigenvalue weighted by atomic mass is 10.1. The molecule has 88 valence electrons. The molecular weight excluding hydrogens is 218 g/mol. The molecule has 0 aliphatic heterocycles. The fraction of sp³-hybridized carbons (Fsp3) is 0. The number of hydrogen-bond acceptors (Lipinski definition) is 3. The van der Waals surface area contributed by atoms with Crippen LogP contribution in [0.1, 0.15) is 5.56 Å². The van der Waals surface area contributed by atoms with Crippen LogP contribution in [-0.4, -0.2) is 23.8 Å². The number of aliphatic imine (C=N–C) groups is 1. The van der Waals surface area contributed by atoms with E-state index >= 15 is 0 Å². The zero-order valence-corrected chi connectivity index (χ0v) is 9.04. The largest absolute Gasteiger partial charge is 0.369 e. The highest BCUT2D eigenvalue weighted by atomic mass is 15.3. The molecule has 0 saturated carbocycles. The van der Waals surface area contributed by atoms with E-state index in [2.05, 4.69) is 15.2 Å². The van der Waals surface area contributed by atoms with Crippen molar-refractivity contribution >= 4 is 23.8 Å². The standard InChI is InChI=1S/C10H13N7/c11-9(12)15-6-8(16-17-10(13)14)7-4-2-1-3-5-7/h1-6H,(H3,11,12)(H4,13,14,17)/b15-6+,16-8+. The van der Waals surface area contributed by atoms with Crippen LogP contribution in [0.15, 0.2) is 45.5 Å². The summed E-state index contributed by atoms with van der Waals surface area (Å²) < 4.78 is 0. The van der Waals surface area contributed by atoms with Crippen molar-refractivity contribution in [2.45, 2.75) is 0 Å². The molecule has 1 aromatic carbocycles. The van der Waals surface area contributed by atoms with Gasteiger partial charge in [-0.15, -0.1) is 10.2 Å². The molecule has 17 heavy (non-hydrogen) atoms. The highest BCUT2D eigenvalue weighted by Crippen LogP contribution is 2.00. The van der Waals surface area contributed by atoms with Crippen molar-refractivity contribution in [1.82, 2.24) is 0 Å². The Kier molecular flexibility index (Phi) is 4.37. The first-order chi connectivity index (χ1) is 8.09. The monoisotopic (exact) mass is 231 g/mol.